The maximum atomic E-state index is 11.8. The third-order valence-electron chi connectivity index (χ3n) is 2.59. The minimum absolute atomic E-state index is 0.0369. The Balaban J connectivity index is 2.74. The van der Waals surface area contributed by atoms with E-state index in [2.05, 4.69) is 0 Å². The highest BCUT2D eigenvalue weighted by atomic mass is 16.6. The second-order valence-electron chi connectivity index (χ2n) is 5.46. The molecule has 1 aliphatic heterocycles. The molecule has 0 saturated carbocycles. The van der Waals surface area contributed by atoms with Crippen LogP contribution in [0.1, 0.15) is 47.5 Å². The van der Waals surface area contributed by atoms with Crippen molar-refractivity contribution in [3.8, 4) is 0 Å². The summed E-state index contributed by atoms with van der Waals surface area (Å²) in [6.07, 6.45) is 0.983. The predicted molar refractivity (Wildman–Crippen MR) is 57.4 cm³/mol. The smallest absolute Gasteiger partial charge is 0.412 e. The number of nitrogens with zero attached hydrogens (tertiary/aromatic N) is 1. The van der Waals surface area contributed by atoms with Crippen LogP contribution in [0.5, 0.6) is 0 Å². The third-order valence-corrected chi connectivity index (χ3v) is 2.59. The minimum Gasteiger partial charge on any atom is -0.444 e. The van der Waals surface area contributed by atoms with E-state index in [1.807, 2.05) is 27.7 Å². The molecule has 88 valence electrons. The van der Waals surface area contributed by atoms with Crippen molar-refractivity contribution in [1.29, 1.82) is 0 Å². The normalized spacial score (nSPS) is 31.9. The Morgan fingerprint density at radius 3 is 2.40 bits per heavy atom. The average Bonchev–Trinajstić information content (AvgIpc) is 2.21. The van der Waals surface area contributed by atoms with E-state index in [0.29, 0.717) is 6.42 Å². The van der Waals surface area contributed by atoms with Gasteiger partial charge in [0.1, 0.15) is 11.3 Å². The van der Waals surface area contributed by atoms with Gasteiger partial charge < -0.3 is 9.84 Å². The molecule has 1 rings (SSSR count). The van der Waals surface area contributed by atoms with Gasteiger partial charge in [-0.2, -0.15) is 0 Å². The molecular formula is C11H21NO3. The molecule has 0 aromatic rings. The van der Waals surface area contributed by atoms with E-state index in [9.17, 15) is 9.90 Å². The summed E-state index contributed by atoms with van der Waals surface area (Å²) in [6, 6.07) is 0.0369. The van der Waals surface area contributed by atoms with Crippen molar-refractivity contribution < 1.29 is 14.6 Å². The van der Waals surface area contributed by atoms with Crippen LogP contribution in [0.25, 0.3) is 0 Å². The van der Waals surface area contributed by atoms with Gasteiger partial charge >= 0.3 is 6.09 Å². The lowest BCUT2D eigenvalue weighted by Crippen LogP contribution is -2.49. The van der Waals surface area contributed by atoms with Crippen LogP contribution in [0.15, 0.2) is 0 Å². The van der Waals surface area contributed by atoms with E-state index in [1.54, 1.807) is 6.92 Å². The summed E-state index contributed by atoms with van der Waals surface area (Å²) in [6.45, 7) is 9.03. The van der Waals surface area contributed by atoms with E-state index in [1.165, 1.54) is 4.90 Å². The first kappa shape index (κ1) is 12.3. The summed E-state index contributed by atoms with van der Waals surface area (Å²) in [5, 5.41) is 10.0. The zero-order valence-electron chi connectivity index (χ0n) is 10.2. The number of hydrogen-bond donors (Lipinski definition) is 1. The van der Waals surface area contributed by atoms with Crippen LogP contribution in [0.2, 0.25) is 0 Å². The summed E-state index contributed by atoms with van der Waals surface area (Å²) < 4.78 is 5.25. The molecule has 1 heterocycles. The topological polar surface area (TPSA) is 49.8 Å². The molecule has 1 N–H and O–H groups in total. The molecular weight excluding hydrogens is 194 g/mol. The van der Waals surface area contributed by atoms with Crippen LogP contribution in [0.4, 0.5) is 4.79 Å². The van der Waals surface area contributed by atoms with E-state index in [4.69, 9.17) is 4.74 Å². The fraction of sp³-hybridized carbons (Fsp3) is 0.909. The summed E-state index contributed by atoms with van der Waals surface area (Å²) in [5.41, 5.74) is -1.59. The van der Waals surface area contributed by atoms with Gasteiger partial charge in [-0.15, -0.1) is 0 Å². The van der Waals surface area contributed by atoms with Gasteiger partial charge in [0, 0.05) is 6.04 Å². The number of carbonyl (C=O) groups is 1. The zero-order valence-corrected chi connectivity index (χ0v) is 10.2. The van der Waals surface area contributed by atoms with Crippen LogP contribution in [0, 0.1) is 0 Å². The van der Waals surface area contributed by atoms with Gasteiger partial charge in [-0.25, -0.2) is 4.79 Å². The molecule has 4 nitrogen and oxygen atoms in total. The van der Waals surface area contributed by atoms with Crippen molar-refractivity contribution in [3.63, 3.8) is 0 Å². The van der Waals surface area contributed by atoms with Gasteiger partial charge in [-0.05, 0) is 47.5 Å². The number of aliphatic hydroxyl groups is 1. The van der Waals surface area contributed by atoms with Crippen molar-refractivity contribution in [2.24, 2.45) is 0 Å². The van der Waals surface area contributed by atoms with E-state index in [-0.39, 0.29) is 6.04 Å². The van der Waals surface area contributed by atoms with Crippen LogP contribution in [0.3, 0.4) is 0 Å². The Morgan fingerprint density at radius 2 is 2.07 bits per heavy atom. The zero-order chi connectivity index (χ0) is 11.9. The number of amides is 1. The van der Waals surface area contributed by atoms with Crippen LogP contribution >= 0.6 is 0 Å². The van der Waals surface area contributed by atoms with Gasteiger partial charge in [-0.1, -0.05) is 0 Å². The van der Waals surface area contributed by atoms with Crippen molar-refractivity contribution in [2.45, 2.75) is 64.8 Å². The third kappa shape index (κ3) is 2.84. The number of ether oxygens (including phenoxy) is 1. The fourth-order valence-corrected chi connectivity index (χ4v) is 1.89. The van der Waals surface area contributed by atoms with Crippen LogP contribution in [-0.4, -0.2) is 33.5 Å². The highest BCUT2D eigenvalue weighted by Gasteiger charge is 2.44. The van der Waals surface area contributed by atoms with Gasteiger partial charge in [-0.3, -0.25) is 4.90 Å². The first-order valence-electron chi connectivity index (χ1n) is 5.38. The first-order valence-corrected chi connectivity index (χ1v) is 5.38. The summed E-state index contributed by atoms with van der Waals surface area (Å²) in [5.74, 6) is 0. The van der Waals surface area contributed by atoms with Crippen molar-refractivity contribution >= 4 is 6.09 Å². The molecule has 0 aliphatic carbocycles. The first-order chi connectivity index (χ1) is 6.63. The van der Waals surface area contributed by atoms with Gasteiger partial charge in [0.15, 0.2) is 0 Å². The number of hydrogen-bond acceptors (Lipinski definition) is 3. The molecule has 1 amide bonds. The standard InChI is InChI=1S/C11H21NO3/c1-8-6-7-11(5,14)12(8)9(13)15-10(2,3)4/h8,14H,6-7H2,1-5H3. The number of rotatable bonds is 0. The average molecular weight is 215 g/mol. The molecule has 1 saturated heterocycles. The van der Waals surface area contributed by atoms with Crippen LogP contribution in [-0.2, 0) is 4.74 Å². The van der Waals surface area contributed by atoms with Gasteiger partial charge in [0.05, 0.1) is 0 Å². The maximum Gasteiger partial charge on any atom is 0.412 e. The molecule has 0 aromatic carbocycles. The van der Waals surface area contributed by atoms with Crippen molar-refractivity contribution in [3.05, 3.63) is 0 Å². The van der Waals surface area contributed by atoms with Crippen molar-refractivity contribution in [2.75, 3.05) is 0 Å². The monoisotopic (exact) mass is 215 g/mol. The quantitative estimate of drug-likeness (QED) is 0.673. The molecule has 0 spiro atoms. The molecule has 0 radical (unpaired) electrons. The Labute approximate surface area is 91.2 Å². The Hall–Kier alpha value is -0.770. The highest BCUT2D eigenvalue weighted by Crippen LogP contribution is 2.32. The van der Waals surface area contributed by atoms with Crippen molar-refractivity contribution in [1.82, 2.24) is 4.90 Å². The molecule has 1 aliphatic rings. The maximum absolute atomic E-state index is 11.8. The predicted octanol–water partition coefficient (Wildman–Crippen LogP) is 2.11. The molecule has 15 heavy (non-hydrogen) atoms. The minimum atomic E-state index is -1.07. The van der Waals surface area contributed by atoms with Crippen LogP contribution < -0.4 is 0 Å². The summed E-state index contributed by atoms with van der Waals surface area (Å²) in [4.78, 5) is 13.3. The fourth-order valence-electron chi connectivity index (χ4n) is 1.89. The molecule has 0 bridgehead atoms. The van der Waals surface area contributed by atoms with Gasteiger partial charge in [0.25, 0.3) is 0 Å². The Bertz CT molecular complexity index is 255. The largest absolute Gasteiger partial charge is 0.444 e. The lowest BCUT2D eigenvalue weighted by molar-refractivity contribution is -0.0807. The van der Waals surface area contributed by atoms with E-state index in [0.717, 1.165) is 6.42 Å². The Kier molecular flexibility index (Phi) is 3.01. The van der Waals surface area contributed by atoms with E-state index < -0.39 is 17.4 Å². The SMILES string of the molecule is CC1CCC(C)(O)N1C(=O)OC(C)(C)C. The second kappa shape index (κ2) is 3.67. The molecule has 2 unspecified atom stereocenters. The molecule has 0 aromatic heterocycles. The van der Waals surface area contributed by atoms with Gasteiger partial charge in [0.2, 0.25) is 0 Å². The molecule has 1 fully saturated rings. The number of likely N-dealkylation sites (tertiary alicyclic amines) is 1. The van der Waals surface area contributed by atoms with E-state index >= 15 is 0 Å². The lowest BCUT2D eigenvalue weighted by atomic mass is 10.2. The Morgan fingerprint density at radius 1 is 1.53 bits per heavy atom. The number of carbonyl (C=O) groups excluding carboxylic acids is 1. The summed E-state index contributed by atoms with van der Waals surface area (Å²) in [7, 11) is 0. The molecule has 4 heteroatoms. The highest BCUT2D eigenvalue weighted by molar-refractivity contribution is 5.69. The lowest BCUT2D eigenvalue weighted by Gasteiger charge is -2.34. The summed E-state index contributed by atoms with van der Waals surface area (Å²) >= 11 is 0. The second-order valence-corrected chi connectivity index (χ2v) is 5.46. The molecule has 2 atom stereocenters.